The van der Waals surface area contributed by atoms with Gasteiger partial charge in [-0.15, -0.1) is 11.3 Å². The minimum atomic E-state index is 0.224. The van der Waals surface area contributed by atoms with Crippen molar-refractivity contribution in [3.63, 3.8) is 0 Å². The van der Waals surface area contributed by atoms with Crippen molar-refractivity contribution in [1.29, 1.82) is 0 Å². The predicted molar refractivity (Wildman–Crippen MR) is 91.7 cm³/mol. The maximum absolute atomic E-state index is 5.53. The molecule has 21 heavy (non-hydrogen) atoms. The van der Waals surface area contributed by atoms with Crippen molar-refractivity contribution in [1.82, 2.24) is 5.32 Å². The Kier molecular flexibility index (Phi) is 6.08. The minimum absolute atomic E-state index is 0.224. The van der Waals surface area contributed by atoms with E-state index in [0.717, 1.165) is 33.8 Å². The molecule has 1 N–H and O–H groups in total. The highest BCUT2D eigenvalue weighted by Crippen LogP contribution is 2.33. The highest BCUT2D eigenvalue weighted by atomic mass is 79.9. The van der Waals surface area contributed by atoms with Gasteiger partial charge in [-0.1, -0.05) is 13.0 Å². The molecule has 0 aliphatic heterocycles. The van der Waals surface area contributed by atoms with E-state index in [0.29, 0.717) is 0 Å². The van der Waals surface area contributed by atoms with E-state index in [-0.39, 0.29) is 6.04 Å². The maximum Gasteiger partial charge on any atom is 0.127 e. The smallest absolute Gasteiger partial charge is 0.127 e. The van der Waals surface area contributed by atoms with Gasteiger partial charge in [0.15, 0.2) is 0 Å². The van der Waals surface area contributed by atoms with Gasteiger partial charge in [0.25, 0.3) is 0 Å². The van der Waals surface area contributed by atoms with E-state index in [4.69, 9.17) is 9.47 Å². The zero-order valence-corrected chi connectivity index (χ0v) is 14.9. The van der Waals surface area contributed by atoms with E-state index in [2.05, 4.69) is 46.4 Å². The molecule has 2 rings (SSSR count). The fourth-order valence-electron chi connectivity index (χ4n) is 2.31. The topological polar surface area (TPSA) is 30.5 Å². The number of benzene rings is 1. The third-order valence-electron chi connectivity index (χ3n) is 3.30. The summed E-state index contributed by atoms with van der Waals surface area (Å²) in [5.41, 5.74) is 1.16. The van der Waals surface area contributed by atoms with Crippen LogP contribution in [0.1, 0.15) is 23.4 Å². The third kappa shape index (κ3) is 4.22. The maximum atomic E-state index is 5.53. The Morgan fingerprint density at radius 1 is 1.19 bits per heavy atom. The Labute approximate surface area is 138 Å². The summed E-state index contributed by atoms with van der Waals surface area (Å²) < 4.78 is 12.0. The van der Waals surface area contributed by atoms with Crippen molar-refractivity contribution >= 4 is 27.3 Å². The molecule has 1 unspecified atom stereocenters. The van der Waals surface area contributed by atoms with Gasteiger partial charge >= 0.3 is 0 Å². The number of hydrogen-bond donors (Lipinski definition) is 1. The molecule has 0 aliphatic rings. The van der Waals surface area contributed by atoms with E-state index in [1.807, 2.05) is 12.1 Å². The molecule has 0 saturated heterocycles. The number of thiophene rings is 1. The van der Waals surface area contributed by atoms with E-state index in [1.54, 1.807) is 25.6 Å². The first kappa shape index (κ1) is 16.3. The molecule has 0 spiro atoms. The van der Waals surface area contributed by atoms with Crippen LogP contribution in [0.2, 0.25) is 0 Å². The van der Waals surface area contributed by atoms with Crippen LogP contribution < -0.4 is 14.8 Å². The van der Waals surface area contributed by atoms with Gasteiger partial charge in [0.2, 0.25) is 0 Å². The number of hydrogen-bond acceptors (Lipinski definition) is 4. The Morgan fingerprint density at radius 2 is 2.00 bits per heavy atom. The Hall–Kier alpha value is -1.04. The number of rotatable bonds is 7. The van der Waals surface area contributed by atoms with E-state index in [9.17, 15) is 0 Å². The fraction of sp³-hybridized carbons (Fsp3) is 0.375. The Balaban J connectivity index is 2.28. The second-order valence-corrected chi connectivity index (χ2v) is 7.18. The fourth-order valence-corrected chi connectivity index (χ4v) is 3.84. The van der Waals surface area contributed by atoms with Gasteiger partial charge in [-0.05, 0) is 40.7 Å². The van der Waals surface area contributed by atoms with Crippen LogP contribution in [0.25, 0.3) is 0 Å². The van der Waals surface area contributed by atoms with Crippen LogP contribution in [-0.2, 0) is 6.42 Å². The standard InChI is InChI=1S/C16H20BrNO2S/c1-4-18-14(10-12-6-8-16(17)21-12)13-7-5-11(19-2)9-15(13)20-3/h5-9,14,18H,4,10H2,1-3H3. The van der Waals surface area contributed by atoms with Gasteiger partial charge in [0.05, 0.1) is 18.0 Å². The Bertz CT molecular complexity index is 585. The van der Waals surface area contributed by atoms with Crippen LogP contribution in [0.3, 0.4) is 0 Å². The van der Waals surface area contributed by atoms with Crippen LogP contribution in [-0.4, -0.2) is 20.8 Å². The molecule has 0 fully saturated rings. The average molecular weight is 370 g/mol. The number of methoxy groups -OCH3 is 2. The van der Waals surface area contributed by atoms with E-state index >= 15 is 0 Å². The van der Waals surface area contributed by atoms with Gasteiger partial charge < -0.3 is 14.8 Å². The van der Waals surface area contributed by atoms with Crippen molar-refractivity contribution in [2.45, 2.75) is 19.4 Å². The average Bonchev–Trinajstić information content (AvgIpc) is 2.91. The van der Waals surface area contributed by atoms with Crippen molar-refractivity contribution < 1.29 is 9.47 Å². The highest BCUT2D eigenvalue weighted by molar-refractivity contribution is 9.11. The molecule has 1 heterocycles. The molecule has 3 nitrogen and oxygen atoms in total. The second kappa shape index (κ2) is 7.82. The molecular formula is C16H20BrNO2S. The molecule has 0 amide bonds. The second-order valence-electron chi connectivity index (χ2n) is 4.63. The quantitative estimate of drug-likeness (QED) is 0.783. The number of halogens is 1. The number of nitrogens with one attached hydrogen (secondary N) is 1. The van der Waals surface area contributed by atoms with Crippen molar-refractivity contribution in [3.8, 4) is 11.5 Å². The zero-order valence-electron chi connectivity index (χ0n) is 12.5. The lowest BCUT2D eigenvalue weighted by atomic mass is 10.0. The lowest BCUT2D eigenvalue weighted by Crippen LogP contribution is -2.23. The molecule has 1 aromatic heterocycles. The van der Waals surface area contributed by atoms with Gasteiger partial charge in [-0.3, -0.25) is 0 Å². The van der Waals surface area contributed by atoms with Crippen LogP contribution in [0.4, 0.5) is 0 Å². The predicted octanol–water partition coefficient (Wildman–Crippen LogP) is 4.42. The normalized spacial score (nSPS) is 12.2. The SMILES string of the molecule is CCNC(Cc1ccc(Br)s1)c1ccc(OC)cc1OC. The lowest BCUT2D eigenvalue weighted by molar-refractivity contribution is 0.384. The summed E-state index contributed by atoms with van der Waals surface area (Å²) in [5.74, 6) is 1.67. The van der Waals surface area contributed by atoms with Crippen LogP contribution >= 0.6 is 27.3 Å². The minimum Gasteiger partial charge on any atom is -0.497 e. The molecule has 5 heteroatoms. The van der Waals surface area contributed by atoms with Gasteiger partial charge in [0, 0.05) is 29.0 Å². The summed E-state index contributed by atoms with van der Waals surface area (Å²) in [4.78, 5) is 1.34. The summed E-state index contributed by atoms with van der Waals surface area (Å²) in [7, 11) is 3.36. The molecule has 2 aromatic rings. The zero-order chi connectivity index (χ0) is 15.2. The molecule has 0 saturated carbocycles. The van der Waals surface area contributed by atoms with Crippen molar-refractivity contribution in [3.05, 3.63) is 44.6 Å². The van der Waals surface area contributed by atoms with Gasteiger partial charge in [-0.25, -0.2) is 0 Å². The van der Waals surface area contributed by atoms with Crippen LogP contribution in [0, 0.1) is 0 Å². The number of likely N-dealkylation sites (N-methyl/N-ethyl adjacent to an activating group) is 1. The summed E-state index contributed by atoms with van der Waals surface area (Å²) >= 11 is 5.29. The summed E-state index contributed by atoms with van der Waals surface area (Å²) in [6, 6.07) is 10.5. The summed E-state index contributed by atoms with van der Waals surface area (Å²) in [6.07, 6.45) is 0.937. The summed E-state index contributed by atoms with van der Waals surface area (Å²) in [6.45, 7) is 3.03. The number of ether oxygens (including phenoxy) is 2. The van der Waals surface area contributed by atoms with Crippen molar-refractivity contribution in [2.75, 3.05) is 20.8 Å². The third-order valence-corrected chi connectivity index (χ3v) is 4.95. The summed E-state index contributed by atoms with van der Waals surface area (Å²) in [5, 5.41) is 3.54. The monoisotopic (exact) mass is 369 g/mol. The molecule has 1 atom stereocenters. The highest BCUT2D eigenvalue weighted by Gasteiger charge is 2.17. The first-order valence-electron chi connectivity index (χ1n) is 6.87. The van der Waals surface area contributed by atoms with E-state index < -0.39 is 0 Å². The molecule has 0 radical (unpaired) electrons. The van der Waals surface area contributed by atoms with Crippen molar-refractivity contribution in [2.24, 2.45) is 0 Å². The van der Waals surface area contributed by atoms with Gasteiger partial charge in [0.1, 0.15) is 11.5 Å². The Morgan fingerprint density at radius 3 is 2.57 bits per heavy atom. The first-order valence-corrected chi connectivity index (χ1v) is 8.48. The lowest BCUT2D eigenvalue weighted by Gasteiger charge is -2.20. The van der Waals surface area contributed by atoms with Crippen LogP contribution in [0.5, 0.6) is 11.5 Å². The first-order chi connectivity index (χ1) is 10.2. The van der Waals surface area contributed by atoms with E-state index in [1.165, 1.54) is 4.88 Å². The molecular weight excluding hydrogens is 350 g/mol. The molecule has 0 aliphatic carbocycles. The molecule has 1 aromatic carbocycles. The molecule has 114 valence electrons. The largest absolute Gasteiger partial charge is 0.497 e. The van der Waals surface area contributed by atoms with Crippen LogP contribution in [0.15, 0.2) is 34.1 Å². The van der Waals surface area contributed by atoms with Gasteiger partial charge in [-0.2, -0.15) is 0 Å². The molecule has 0 bridgehead atoms.